The predicted molar refractivity (Wildman–Crippen MR) is 309 cm³/mol. The first-order chi connectivity index (χ1) is 36.2. The Morgan fingerprint density at radius 1 is 0.219 bits per heavy atom. The van der Waals surface area contributed by atoms with E-state index in [1.807, 2.05) is 0 Å². The maximum Gasteiger partial charge on any atom is 0.0547 e. The molecular formula is C70H47N3. The average molecular weight is 930 g/mol. The fraction of sp³-hybridized carbons (Fsp3) is 0. The zero-order valence-electron chi connectivity index (χ0n) is 40.0. The van der Waals surface area contributed by atoms with Crippen molar-refractivity contribution in [3.8, 4) is 55.9 Å². The van der Waals surface area contributed by atoms with Gasteiger partial charge in [-0.3, -0.25) is 0 Å². The highest BCUT2D eigenvalue weighted by molar-refractivity contribution is 6.22. The van der Waals surface area contributed by atoms with Crippen molar-refractivity contribution >= 4 is 71.4 Å². The van der Waals surface area contributed by atoms with Crippen molar-refractivity contribution in [1.82, 2.24) is 9.13 Å². The van der Waals surface area contributed by atoms with Crippen molar-refractivity contribution in [3.63, 3.8) is 0 Å². The number of benzene rings is 12. The lowest BCUT2D eigenvalue weighted by Gasteiger charge is -2.25. The molecule has 342 valence electrons. The van der Waals surface area contributed by atoms with Gasteiger partial charge in [-0.05, 0) is 171 Å². The van der Waals surface area contributed by atoms with Crippen molar-refractivity contribution < 1.29 is 0 Å². The summed E-state index contributed by atoms with van der Waals surface area (Å²) in [6.45, 7) is 0. The highest BCUT2D eigenvalue weighted by Gasteiger charge is 2.19. The molecule has 3 nitrogen and oxygen atoms in total. The van der Waals surface area contributed by atoms with E-state index < -0.39 is 0 Å². The van der Waals surface area contributed by atoms with Gasteiger partial charge in [-0.1, -0.05) is 170 Å². The van der Waals surface area contributed by atoms with E-state index in [1.54, 1.807) is 0 Å². The Morgan fingerprint density at radius 3 is 1.19 bits per heavy atom. The highest BCUT2D eigenvalue weighted by atomic mass is 15.1. The third-order valence-electron chi connectivity index (χ3n) is 14.7. The minimum atomic E-state index is 1.11. The van der Waals surface area contributed by atoms with E-state index in [0.717, 1.165) is 34.0 Å². The first-order valence-corrected chi connectivity index (χ1v) is 25.1. The monoisotopic (exact) mass is 929 g/mol. The Balaban J connectivity index is 0.910. The number of anilines is 3. The Morgan fingerprint density at radius 2 is 0.603 bits per heavy atom. The number of hydrogen-bond acceptors (Lipinski definition) is 1. The van der Waals surface area contributed by atoms with E-state index in [4.69, 9.17) is 0 Å². The highest BCUT2D eigenvalue weighted by Crippen LogP contribution is 2.42. The standard InChI is InChI=1S/C70H47N3/c1-5-18-57(19-6-1)71(58-20-7-2-8-21-58)61-38-33-49(34-39-61)48-29-31-50(32-30-48)54-43-55(52-36-40-67-64(46-52)63-27-15-16-28-66(63)72(67)59-22-9-3-10-23-59)45-56(44-54)53-37-41-68-65(47-53)70-62-26-14-13-17-51(62)35-42-69(70)73(68)60-24-11-4-12-25-60/h1-47H. The van der Waals surface area contributed by atoms with Gasteiger partial charge in [0.2, 0.25) is 0 Å². The number of nitrogens with zero attached hydrogens (tertiary/aromatic N) is 3. The second kappa shape index (κ2) is 17.6. The summed E-state index contributed by atoms with van der Waals surface area (Å²) < 4.78 is 4.81. The van der Waals surface area contributed by atoms with Crippen LogP contribution in [0.1, 0.15) is 0 Å². The lowest BCUT2D eigenvalue weighted by atomic mass is 9.91. The van der Waals surface area contributed by atoms with Crippen molar-refractivity contribution in [1.29, 1.82) is 0 Å². The topological polar surface area (TPSA) is 13.1 Å². The maximum atomic E-state index is 2.42. The van der Waals surface area contributed by atoms with Crippen LogP contribution in [0.2, 0.25) is 0 Å². The molecule has 14 rings (SSSR count). The fourth-order valence-corrected chi connectivity index (χ4v) is 11.2. The molecule has 0 N–H and O–H groups in total. The van der Waals surface area contributed by atoms with Crippen LogP contribution in [0.15, 0.2) is 285 Å². The molecule has 0 fully saturated rings. The Bertz CT molecular complexity index is 4290. The summed E-state index contributed by atoms with van der Waals surface area (Å²) in [5.74, 6) is 0. The second-order valence-electron chi connectivity index (χ2n) is 18.9. The van der Waals surface area contributed by atoms with E-state index in [9.17, 15) is 0 Å². The summed E-state index contributed by atoms with van der Waals surface area (Å²) in [7, 11) is 0. The van der Waals surface area contributed by atoms with Gasteiger partial charge in [0.15, 0.2) is 0 Å². The molecule has 0 radical (unpaired) electrons. The van der Waals surface area contributed by atoms with Gasteiger partial charge in [0.1, 0.15) is 0 Å². The summed E-state index contributed by atoms with van der Waals surface area (Å²) in [6.07, 6.45) is 0. The Kier molecular flexibility index (Phi) is 10.2. The number of aromatic nitrogens is 2. The zero-order valence-corrected chi connectivity index (χ0v) is 40.0. The second-order valence-corrected chi connectivity index (χ2v) is 18.9. The van der Waals surface area contributed by atoms with Gasteiger partial charge >= 0.3 is 0 Å². The van der Waals surface area contributed by atoms with E-state index in [2.05, 4.69) is 299 Å². The minimum absolute atomic E-state index is 1.11. The SMILES string of the molecule is c1ccc(N(c2ccccc2)c2ccc(-c3ccc(-c4cc(-c5ccc6c(c5)c5ccccc5n6-c5ccccc5)cc(-c5ccc6c(c5)c5c7ccccc7ccc5n6-c5ccccc5)c4)cc3)cc2)cc1. The number of hydrogen-bond donors (Lipinski definition) is 0. The van der Waals surface area contributed by atoms with Crippen LogP contribution in [0.3, 0.4) is 0 Å². The first kappa shape index (κ1) is 42.2. The van der Waals surface area contributed by atoms with Gasteiger partial charge < -0.3 is 14.0 Å². The van der Waals surface area contributed by atoms with Gasteiger partial charge in [0.05, 0.1) is 22.1 Å². The molecule has 0 amide bonds. The molecule has 2 heterocycles. The van der Waals surface area contributed by atoms with Gasteiger partial charge in [-0.2, -0.15) is 0 Å². The number of fused-ring (bicyclic) bond motifs is 8. The average Bonchev–Trinajstić information content (AvgIpc) is 3.99. The molecule has 73 heavy (non-hydrogen) atoms. The van der Waals surface area contributed by atoms with Crippen LogP contribution in [-0.4, -0.2) is 9.13 Å². The molecule has 0 saturated carbocycles. The third-order valence-corrected chi connectivity index (χ3v) is 14.7. The van der Waals surface area contributed by atoms with E-state index in [0.29, 0.717) is 0 Å². The third kappa shape index (κ3) is 7.37. The molecule has 0 aliphatic rings. The van der Waals surface area contributed by atoms with Gasteiger partial charge in [0.25, 0.3) is 0 Å². The summed E-state index contributed by atoms with van der Waals surface area (Å²) >= 11 is 0. The summed E-state index contributed by atoms with van der Waals surface area (Å²) in [5, 5.41) is 7.48. The maximum absolute atomic E-state index is 2.42. The van der Waals surface area contributed by atoms with Crippen LogP contribution in [0.5, 0.6) is 0 Å². The van der Waals surface area contributed by atoms with Crippen molar-refractivity contribution in [2.24, 2.45) is 0 Å². The normalized spacial score (nSPS) is 11.6. The lowest BCUT2D eigenvalue weighted by Crippen LogP contribution is -2.09. The van der Waals surface area contributed by atoms with Crippen LogP contribution in [0, 0.1) is 0 Å². The van der Waals surface area contributed by atoms with Crippen LogP contribution in [0.25, 0.3) is 110 Å². The number of rotatable bonds is 9. The molecule has 0 atom stereocenters. The van der Waals surface area contributed by atoms with Crippen LogP contribution in [0.4, 0.5) is 17.1 Å². The zero-order chi connectivity index (χ0) is 48.2. The van der Waals surface area contributed by atoms with Crippen LogP contribution in [-0.2, 0) is 0 Å². The van der Waals surface area contributed by atoms with Crippen LogP contribution < -0.4 is 4.90 Å². The Labute approximate surface area is 424 Å². The molecule has 0 aliphatic heterocycles. The molecule has 0 bridgehead atoms. The minimum Gasteiger partial charge on any atom is -0.311 e. The van der Waals surface area contributed by atoms with Gasteiger partial charge in [-0.25, -0.2) is 0 Å². The smallest absolute Gasteiger partial charge is 0.0547 e. The predicted octanol–water partition coefficient (Wildman–Crippen LogP) is 19.2. The molecule has 2 aromatic heterocycles. The number of para-hydroxylation sites is 5. The molecule has 0 saturated heterocycles. The molecule has 0 spiro atoms. The summed E-state index contributed by atoms with van der Waals surface area (Å²) in [6, 6.07) is 104. The molecule has 12 aromatic carbocycles. The van der Waals surface area contributed by atoms with Crippen molar-refractivity contribution in [3.05, 3.63) is 285 Å². The molecular weight excluding hydrogens is 883 g/mol. The van der Waals surface area contributed by atoms with Gasteiger partial charge in [0, 0.05) is 50.0 Å². The summed E-state index contributed by atoms with van der Waals surface area (Å²) in [5.41, 5.74) is 19.8. The molecule has 0 aliphatic carbocycles. The van der Waals surface area contributed by atoms with Gasteiger partial charge in [-0.15, -0.1) is 0 Å². The summed E-state index contributed by atoms with van der Waals surface area (Å²) in [4.78, 5) is 2.30. The van der Waals surface area contributed by atoms with E-state index in [1.165, 1.54) is 93.3 Å². The largest absolute Gasteiger partial charge is 0.311 e. The quantitative estimate of drug-likeness (QED) is 0.141. The fourth-order valence-electron chi connectivity index (χ4n) is 11.2. The molecule has 3 heteroatoms. The molecule has 0 unspecified atom stereocenters. The van der Waals surface area contributed by atoms with E-state index >= 15 is 0 Å². The van der Waals surface area contributed by atoms with E-state index in [-0.39, 0.29) is 0 Å². The molecule has 14 aromatic rings. The van der Waals surface area contributed by atoms with Crippen molar-refractivity contribution in [2.75, 3.05) is 4.90 Å². The Hall–Kier alpha value is -9.70. The van der Waals surface area contributed by atoms with Crippen molar-refractivity contribution in [2.45, 2.75) is 0 Å². The first-order valence-electron chi connectivity index (χ1n) is 25.1. The van der Waals surface area contributed by atoms with Crippen LogP contribution >= 0.6 is 0 Å². The lowest BCUT2D eigenvalue weighted by molar-refractivity contribution is 1.18.